The largest absolute Gasteiger partial charge is 0.358 e. The number of anilines is 1. The molecule has 1 aromatic carbocycles. The third kappa shape index (κ3) is 5.14. The molecule has 0 unspecified atom stereocenters. The molecule has 0 spiro atoms. The summed E-state index contributed by atoms with van der Waals surface area (Å²) in [5.41, 5.74) is 5.28. The van der Waals surface area contributed by atoms with Crippen LogP contribution in [0.15, 0.2) is 18.2 Å². The Hall–Kier alpha value is -2.28. The summed E-state index contributed by atoms with van der Waals surface area (Å²) >= 11 is 6.25. The van der Waals surface area contributed by atoms with Crippen LogP contribution in [0, 0.1) is 13.8 Å². The number of nitrogens with zero attached hydrogens (tertiary/aromatic N) is 2. The third-order valence-electron chi connectivity index (χ3n) is 5.33. The highest BCUT2D eigenvalue weighted by molar-refractivity contribution is 6.37. The van der Waals surface area contributed by atoms with Gasteiger partial charge in [-0.15, -0.1) is 12.4 Å². The van der Waals surface area contributed by atoms with E-state index < -0.39 is 0 Å². The average Bonchev–Trinajstić information content (AvgIpc) is 3.09. The molecule has 1 aromatic heterocycles. The molecule has 2 aromatic rings. The fourth-order valence-corrected chi connectivity index (χ4v) is 4.06. The monoisotopic (exact) mass is 464 g/mol. The predicted octanol–water partition coefficient (Wildman–Crippen LogP) is 4.30. The lowest BCUT2D eigenvalue weighted by molar-refractivity contribution is -0.113. The molecule has 1 aliphatic rings. The maximum absolute atomic E-state index is 13.3. The molecule has 0 saturated carbocycles. The lowest BCUT2D eigenvalue weighted by Crippen LogP contribution is -2.29. The van der Waals surface area contributed by atoms with Gasteiger partial charge in [0.15, 0.2) is 0 Å². The van der Waals surface area contributed by atoms with E-state index in [9.17, 15) is 9.59 Å². The number of aromatic amines is 1. The molecule has 0 atom stereocenters. The van der Waals surface area contributed by atoms with Gasteiger partial charge in [0, 0.05) is 35.1 Å². The highest BCUT2D eigenvalue weighted by atomic mass is 35.5. The predicted molar refractivity (Wildman–Crippen MR) is 130 cm³/mol. The topological polar surface area (TPSA) is 68.4 Å². The molecule has 6 nitrogen and oxygen atoms in total. The quantitative estimate of drug-likeness (QED) is 0.600. The minimum atomic E-state index is -0.111. The first kappa shape index (κ1) is 25.0. The Morgan fingerprint density at radius 1 is 1.29 bits per heavy atom. The van der Waals surface area contributed by atoms with Gasteiger partial charge in [-0.1, -0.05) is 11.6 Å². The number of aromatic nitrogens is 1. The highest BCUT2D eigenvalue weighted by Gasteiger charge is 2.32. The van der Waals surface area contributed by atoms with Crippen molar-refractivity contribution in [3.8, 4) is 0 Å². The number of hydrogen-bond acceptors (Lipinski definition) is 3. The van der Waals surface area contributed by atoms with E-state index >= 15 is 0 Å². The van der Waals surface area contributed by atoms with Crippen LogP contribution in [-0.4, -0.2) is 55.4 Å². The van der Waals surface area contributed by atoms with Crippen LogP contribution in [0.5, 0.6) is 0 Å². The van der Waals surface area contributed by atoms with Gasteiger partial charge in [-0.2, -0.15) is 0 Å². The Labute approximate surface area is 195 Å². The Balaban J connectivity index is 0.00000341. The van der Waals surface area contributed by atoms with Crippen molar-refractivity contribution >= 4 is 53.2 Å². The SMILES string of the molecule is CCNC(=O)c1c(C)[nH]c(/C=C2\C(=O)N(CCCN(C)C)c3ccc(Cl)cc32)c1C.Cl. The van der Waals surface area contributed by atoms with Crippen LogP contribution in [0.1, 0.15) is 46.2 Å². The summed E-state index contributed by atoms with van der Waals surface area (Å²) in [6, 6.07) is 5.55. The van der Waals surface area contributed by atoms with Crippen molar-refractivity contribution < 1.29 is 9.59 Å². The second-order valence-electron chi connectivity index (χ2n) is 7.86. The lowest BCUT2D eigenvalue weighted by atomic mass is 10.0. The zero-order valence-electron chi connectivity index (χ0n) is 18.6. The summed E-state index contributed by atoms with van der Waals surface area (Å²) in [6.07, 6.45) is 2.71. The number of nitrogens with one attached hydrogen (secondary N) is 2. The second-order valence-corrected chi connectivity index (χ2v) is 8.29. The Morgan fingerprint density at radius 3 is 2.65 bits per heavy atom. The van der Waals surface area contributed by atoms with Crippen LogP contribution in [0.2, 0.25) is 5.02 Å². The van der Waals surface area contributed by atoms with Gasteiger partial charge in [0.05, 0.1) is 16.8 Å². The molecule has 0 radical (unpaired) electrons. The molecule has 2 heterocycles. The standard InChI is InChI=1S/C23H29ClN4O2.ClH/c1-6-25-22(29)21-14(2)19(26-15(21)3)13-18-17-12-16(24)8-9-20(17)28(23(18)30)11-7-10-27(4)5;/h8-9,12-13,26H,6-7,10-11H2,1-5H3,(H,25,29);1H/b18-13-;. The van der Waals surface area contributed by atoms with E-state index in [1.165, 1.54) is 0 Å². The van der Waals surface area contributed by atoms with Gasteiger partial charge in [-0.3, -0.25) is 9.59 Å². The van der Waals surface area contributed by atoms with Gasteiger partial charge >= 0.3 is 0 Å². The van der Waals surface area contributed by atoms with E-state index in [1.54, 1.807) is 0 Å². The van der Waals surface area contributed by atoms with Crippen molar-refractivity contribution in [2.24, 2.45) is 0 Å². The van der Waals surface area contributed by atoms with Crippen molar-refractivity contribution in [2.75, 3.05) is 38.6 Å². The highest BCUT2D eigenvalue weighted by Crippen LogP contribution is 2.39. The molecule has 0 fully saturated rings. The molecule has 31 heavy (non-hydrogen) atoms. The summed E-state index contributed by atoms with van der Waals surface area (Å²) in [7, 11) is 4.04. The number of aryl methyl sites for hydroxylation is 1. The van der Waals surface area contributed by atoms with Gasteiger partial charge in [-0.25, -0.2) is 0 Å². The number of rotatable bonds is 7. The Morgan fingerprint density at radius 2 is 2.00 bits per heavy atom. The van der Waals surface area contributed by atoms with E-state index in [1.807, 2.05) is 64.0 Å². The van der Waals surface area contributed by atoms with E-state index in [0.717, 1.165) is 41.2 Å². The molecule has 8 heteroatoms. The fourth-order valence-electron chi connectivity index (χ4n) is 3.89. The maximum atomic E-state index is 13.3. The van der Waals surface area contributed by atoms with Gasteiger partial charge in [0.25, 0.3) is 11.8 Å². The molecule has 0 bridgehead atoms. The Kier molecular flexibility index (Phi) is 8.34. The number of fused-ring (bicyclic) bond motifs is 1. The number of carbonyl (C=O) groups is 2. The molecular formula is C23H30Cl2N4O2. The molecule has 1 aliphatic heterocycles. The molecular weight excluding hydrogens is 435 g/mol. The summed E-state index contributed by atoms with van der Waals surface area (Å²) in [5.74, 6) is -0.155. The molecule has 2 amide bonds. The smallest absolute Gasteiger partial charge is 0.259 e. The first-order chi connectivity index (χ1) is 14.2. The van der Waals surface area contributed by atoms with E-state index in [-0.39, 0.29) is 24.2 Å². The van der Waals surface area contributed by atoms with Crippen LogP contribution in [0.3, 0.4) is 0 Å². The first-order valence-electron chi connectivity index (χ1n) is 10.2. The number of amides is 2. The lowest BCUT2D eigenvalue weighted by Gasteiger charge is -2.18. The van der Waals surface area contributed by atoms with Crippen molar-refractivity contribution in [1.82, 2.24) is 15.2 Å². The van der Waals surface area contributed by atoms with E-state index in [4.69, 9.17) is 11.6 Å². The number of benzene rings is 1. The zero-order valence-corrected chi connectivity index (χ0v) is 20.2. The molecule has 2 N–H and O–H groups in total. The summed E-state index contributed by atoms with van der Waals surface area (Å²) in [6.45, 7) is 7.75. The van der Waals surface area contributed by atoms with E-state index in [0.29, 0.717) is 29.2 Å². The average molecular weight is 465 g/mol. The van der Waals surface area contributed by atoms with Crippen LogP contribution in [0.25, 0.3) is 11.6 Å². The minimum absolute atomic E-state index is 0. The van der Waals surface area contributed by atoms with Crippen molar-refractivity contribution in [3.05, 3.63) is 51.3 Å². The maximum Gasteiger partial charge on any atom is 0.259 e. The summed E-state index contributed by atoms with van der Waals surface area (Å²) < 4.78 is 0. The first-order valence-corrected chi connectivity index (χ1v) is 10.6. The van der Waals surface area contributed by atoms with Gasteiger partial charge < -0.3 is 20.1 Å². The third-order valence-corrected chi connectivity index (χ3v) is 5.57. The number of H-pyrrole nitrogens is 1. The van der Waals surface area contributed by atoms with Crippen molar-refractivity contribution in [1.29, 1.82) is 0 Å². The van der Waals surface area contributed by atoms with Gasteiger partial charge in [0.1, 0.15) is 0 Å². The molecule has 168 valence electrons. The molecule has 0 aliphatic carbocycles. The van der Waals surface area contributed by atoms with Gasteiger partial charge in [0.2, 0.25) is 0 Å². The molecule has 3 rings (SSSR count). The van der Waals surface area contributed by atoms with E-state index in [2.05, 4.69) is 15.2 Å². The van der Waals surface area contributed by atoms with Crippen LogP contribution < -0.4 is 10.2 Å². The number of halogens is 2. The summed E-state index contributed by atoms with van der Waals surface area (Å²) in [5, 5.41) is 3.43. The normalized spacial score (nSPS) is 14.2. The summed E-state index contributed by atoms with van der Waals surface area (Å²) in [4.78, 5) is 32.9. The van der Waals surface area contributed by atoms with Crippen LogP contribution in [-0.2, 0) is 4.79 Å². The van der Waals surface area contributed by atoms with Crippen LogP contribution in [0.4, 0.5) is 5.69 Å². The van der Waals surface area contributed by atoms with Gasteiger partial charge in [-0.05, 0) is 77.7 Å². The van der Waals surface area contributed by atoms with Crippen molar-refractivity contribution in [2.45, 2.75) is 27.2 Å². The van der Waals surface area contributed by atoms with Crippen molar-refractivity contribution in [3.63, 3.8) is 0 Å². The second kappa shape index (κ2) is 10.4. The number of hydrogen-bond donors (Lipinski definition) is 2. The zero-order chi connectivity index (χ0) is 22.0. The minimum Gasteiger partial charge on any atom is -0.358 e. The fraction of sp³-hybridized carbons (Fsp3) is 0.391. The van der Waals surface area contributed by atoms with Crippen LogP contribution >= 0.6 is 24.0 Å². The number of carbonyl (C=O) groups excluding carboxylic acids is 2. The Bertz CT molecular complexity index is 1010. The molecule has 0 saturated heterocycles.